The molecule has 0 aliphatic carbocycles. The largest absolute Gasteiger partial charge is 0.481 e. The van der Waals surface area contributed by atoms with Crippen molar-refractivity contribution in [3.8, 4) is 0 Å². The van der Waals surface area contributed by atoms with Gasteiger partial charge in [0.15, 0.2) is 0 Å². The summed E-state index contributed by atoms with van der Waals surface area (Å²) in [5.41, 5.74) is -0.299. The molecule has 0 amide bonds. The summed E-state index contributed by atoms with van der Waals surface area (Å²) in [5.74, 6) is -4.48. The highest BCUT2D eigenvalue weighted by Gasteiger charge is 2.15. The highest BCUT2D eigenvalue weighted by atomic mass is 17.1. The zero-order valence-corrected chi connectivity index (χ0v) is 10.6. The lowest BCUT2D eigenvalue weighted by Crippen LogP contribution is -2.20. The summed E-state index contributed by atoms with van der Waals surface area (Å²) >= 11 is 0. The summed E-state index contributed by atoms with van der Waals surface area (Å²) in [5, 5.41) is 32.0. The van der Waals surface area contributed by atoms with Gasteiger partial charge in [0.25, 0.3) is 0 Å². The second-order valence-electron chi connectivity index (χ2n) is 3.16. The van der Waals surface area contributed by atoms with E-state index in [1.807, 2.05) is 0 Å². The Kier molecular flexibility index (Phi) is 11.5. The Morgan fingerprint density at radius 1 is 0.950 bits per heavy atom. The number of aliphatic imine (C=N–C) groups is 1. The number of carbonyl (C=O) groups is 4. The topological polar surface area (TPSA) is 171 Å². The summed E-state index contributed by atoms with van der Waals surface area (Å²) in [4.78, 5) is 46.9. The third kappa shape index (κ3) is 13.6. The lowest BCUT2D eigenvalue weighted by Gasteiger charge is -1.97. The van der Waals surface area contributed by atoms with Crippen molar-refractivity contribution >= 4 is 29.6 Å². The van der Waals surface area contributed by atoms with Gasteiger partial charge in [-0.15, -0.1) is 0 Å². The second kappa shape index (κ2) is 11.6. The van der Waals surface area contributed by atoms with Crippen LogP contribution in [0.2, 0.25) is 0 Å². The van der Waals surface area contributed by atoms with Crippen LogP contribution in [0, 0.1) is 0 Å². The molecule has 20 heavy (non-hydrogen) atoms. The average molecular weight is 293 g/mol. The highest BCUT2D eigenvalue weighted by molar-refractivity contribution is 6.39. The fourth-order valence-corrected chi connectivity index (χ4v) is 0.793. The number of nitrogens with zero attached hydrogens (tertiary/aromatic N) is 1. The molecule has 0 spiro atoms. The number of hydrogen-bond donors (Lipinski definition) is 4. The van der Waals surface area contributed by atoms with Crippen LogP contribution in [0.1, 0.15) is 26.2 Å². The second-order valence-corrected chi connectivity index (χ2v) is 3.16. The van der Waals surface area contributed by atoms with E-state index in [0.29, 0.717) is 0 Å². The van der Waals surface area contributed by atoms with Gasteiger partial charge in [-0.05, 0) is 6.92 Å². The minimum Gasteiger partial charge on any atom is -0.481 e. The van der Waals surface area contributed by atoms with Crippen LogP contribution in [0.3, 0.4) is 0 Å². The Morgan fingerprint density at radius 3 is 1.65 bits per heavy atom. The first kappa shape index (κ1) is 19.8. The van der Waals surface area contributed by atoms with Gasteiger partial charge in [0.05, 0.1) is 19.3 Å². The summed E-state index contributed by atoms with van der Waals surface area (Å²) in [6.45, 7) is 1.89. The molecule has 0 atom stereocenters. The molecule has 0 aliphatic heterocycles. The van der Waals surface area contributed by atoms with E-state index in [9.17, 15) is 19.2 Å². The number of hydrogen-bond acceptors (Lipinski definition) is 7. The third-order valence-electron chi connectivity index (χ3n) is 1.54. The van der Waals surface area contributed by atoms with E-state index in [2.05, 4.69) is 9.88 Å². The van der Waals surface area contributed by atoms with E-state index >= 15 is 0 Å². The molecule has 0 heterocycles. The van der Waals surface area contributed by atoms with Crippen LogP contribution in [0.25, 0.3) is 0 Å². The maximum Gasteiger partial charge on any atom is 0.386 e. The van der Waals surface area contributed by atoms with Gasteiger partial charge in [-0.1, -0.05) is 0 Å². The Morgan fingerprint density at radius 2 is 1.40 bits per heavy atom. The highest BCUT2D eigenvalue weighted by Crippen LogP contribution is 1.91. The number of carboxylic acids is 3. The van der Waals surface area contributed by atoms with Crippen LogP contribution >= 0.6 is 0 Å². The zero-order chi connectivity index (χ0) is 16.1. The van der Waals surface area contributed by atoms with E-state index in [1.165, 1.54) is 0 Å². The first-order chi connectivity index (χ1) is 9.24. The number of aliphatic carboxylic acids is 3. The van der Waals surface area contributed by atoms with Gasteiger partial charge < -0.3 is 15.3 Å². The first-order valence-electron chi connectivity index (χ1n) is 5.29. The lowest BCUT2D eigenvalue weighted by molar-refractivity contribution is -0.225. The van der Waals surface area contributed by atoms with Crippen LogP contribution in [-0.2, 0) is 24.1 Å². The molecule has 0 aliphatic rings. The van der Waals surface area contributed by atoms with Gasteiger partial charge in [-0.25, -0.2) is 4.79 Å². The summed E-state index contributed by atoms with van der Waals surface area (Å²) in [6, 6.07) is 0. The molecule has 114 valence electrons. The molecule has 0 aromatic carbocycles. The average Bonchev–Trinajstić information content (AvgIpc) is 2.35. The number of carboxylic acid groups (broad SMARTS) is 3. The molecule has 0 saturated heterocycles. The van der Waals surface area contributed by atoms with Crippen molar-refractivity contribution in [2.24, 2.45) is 4.99 Å². The monoisotopic (exact) mass is 293 g/mol. The fraction of sp³-hybridized carbons (Fsp3) is 0.500. The van der Waals surface area contributed by atoms with Crippen molar-refractivity contribution < 1.29 is 44.6 Å². The molecule has 10 nitrogen and oxygen atoms in total. The smallest absolute Gasteiger partial charge is 0.386 e. The maximum absolute atomic E-state index is 10.6. The Labute approximate surface area is 113 Å². The van der Waals surface area contributed by atoms with Crippen molar-refractivity contribution in [2.75, 3.05) is 6.54 Å². The molecule has 0 radical (unpaired) electrons. The molecular weight excluding hydrogens is 278 g/mol. The van der Waals surface area contributed by atoms with E-state index in [1.54, 1.807) is 6.92 Å². The van der Waals surface area contributed by atoms with Gasteiger partial charge >= 0.3 is 23.9 Å². The standard InChI is InChI=1S/C6H9NO5.C4H6O4/c1-2-7-4(3-5(8)9)6(10)12-11;5-3(6)1-2-4(7)8/h11H,2-3H2,1H3,(H,8,9);1-2H2,(H,5,6)(H,7,8). The summed E-state index contributed by atoms with van der Waals surface area (Å²) in [7, 11) is 0. The molecular formula is C10H15NO9. The fourth-order valence-electron chi connectivity index (χ4n) is 0.793. The minimum atomic E-state index is -1.20. The molecule has 4 N–H and O–H groups in total. The van der Waals surface area contributed by atoms with Gasteiger partial charge in [-0.2, -0.15) is 5.26 Å². The molecule has 0 saturated carbocycles. The van der Waals surface area contributed by atoms with Crippen LogP contribution in [0.5, 0.6) is 0 Å². The minimum absolute atomic E-state index is 0.262. The Bertz CT molecular complexity index is 374. The van der Waals surface area contributed by atoms with E-state index in [-0.39, 0.29) is 25.1 Å². The van der Waals surface area contributed by atoms with Crippen LogP contribution in [0.4, 0.5) is 0 Å². The van der Waals surface area contributed by atoms with E-state index in [0.717, 1.165) is 0 Å². The third-order valence-corrected chi connectivity index (χ3v) is 1.54. The van der Waals surface area contributed by atoms with Crippen LogP contribution in [0.15, 0.2) is 4.99 Å². The van der Waals surface area contributed by atoms with Gasteiger partial charge in [-0.3, -0.25) is 24.3 Å². The Balaban J connectivity index is 0. The molecule has 0 unspecified atom stereocenters. The molecule has 0 fully saturated rings. The summed E-state index contributed by atoms with van der Waals surface area (Å²) in [6.07, 6.45) is -1.14. The molecule has 10 heteroatoms. The normalized spacial score (nSPS) is 10.0. The predicted octanol–water partition coefficient (Wildman–Crippen LogP) is -0.126. The van der Waals surface area contributed by atoms with Gasteiger partial charge in [0.2, 0.25) is 0 Å². The van der Waals surface area contributed by atoms with Crippen molar-refractivity contribution in [2.45, 2.75) is 26.2 Å². The molecule has 0 rings (SSSR count). The van der Waals surface area contributed by atoms with Gasteiger partial charge in [0, 0.05) is 6.54 Å². The van der Waals surface area contributed by atoms with E-state index in [4.69, 9.17) is 20.6 Å². The quantitative estimate of drug-likeness (QED) is 0.283. The Hall–Kier alpha value is -2.49. The zero-order valence-electron chi connectivity index (χ0n) is 10.6. The molecule has 0 aromatic heterocycles. The predicted molar refractivity (Wildman–Crippen MR) is 63.5 cm³/mol. The van der Waals surface area contributed by atoms with Crippen LogP contribution < -0.4 is 0 Å². The van der Waals surface area contributed by atoms with E-state index < -0.39 is 30.3 Å². The van der Waals surface area contributed by atoms with Crippen molar-refractivity contribution in [3.05, 3.63) is 0 Å². The molecule has 0 bridgehead atoms. The first-order valence-corrected chi connectivity index (χ1v) is 5.29. The van der Waals surface area contributed by atoms with Crippen molar-refractivity contribution in [1.29, 1.82) is 0 Å². The lowest BCUT2D eigenvalue weighted by atomic mass is 10.3. The van der Waals surface area contributed by atoms with Gasteiger partial charge in [0.1, 0.15) is 5.71 Å². The van der Waals surface area contributed by atoms with Crippen molar-refractivity contribution in [1.82, 2.24) is 0 Å². The maximum atomic E-state index is 10.6. The molecule has 0 aromatic rings. The number of carbonyl (C=O) groups excluding carboxylic acids is 1. The number of rotatable bonds is 7. The van der Waals surface area contributed by atoms with Crippen LogP contribution in [-0.4, -0.2) is 56.7 Å². The SMILES string of the molecule is CCN=C(CC(=O)O)C(=O)OO.O=C(O)CCC(=O)O. The summed E-state index contributed by atoms with van der Waals surface area (Å²) < 4.78 is 0. The van der Waals surface area contributed by atoms with Crippen molar-refractivity contribution in [3.63, 3.8) is 0 Å².